The van der Waals surface area contributed by atoms with Crippen molar-refractivity contribution in [2.75, 3.05) is 19.6 Å². The molecule has 0 N–H and O–H groups in total. The van der Waals surface area contributed by atoms with Gasteiger partial charge in [0.2, 0.25) is 0 Å². The molecule has 0 fully saturated rings. The first kappa shape index (κ1) is 15.6. The van der Waals surface area contributed by atoms with Gasteiger partial charge in [0, 0.05) is 18.0 Å². The van der Waals surface area contributed by atoms with E-state index in [0.717, 1.165) is 42.0 Å². The SMILES string of the molecule is CC[N+](CC)(CC)Cc1ccnc(-c2cc(C)ccn2)c1. The molecule has 3 nitrogen and oxygen atoms in total. The standard InChI is InChI=1S/C18H26N3/c1-5-21(6-2,7-3)14-16-9-11-20-18(13-16)17-12-15(4)8-10-19-17/h8-13H,5-7,14H2,1-4H3/q+1. The van der Waals surface area contributed by atoms with Gasteiger partial charge in [-0.15, -0.1) is 0 Å². The Morgan fingerprint density at radius 2 is 1.43 bits per heavy atom. The van der Waals surface area contributed by atoms with Gasteiger partial charge in [0.05, 0.1) is 31.0 Å². The van der Waals surface area contributed by atoms with E-state index in [0.29, 0.717) is 0 Å². The summed E-state index contributed by atoms with van der Waals surface area (Å²) in [6.07, 6.45) is 3.76. The van der Waals surface area contributed by atoms with Crippen molar-refractivity contribution in [2.45, 2.75) is 34.2 Å². The molecule has 3 heteroatoms. The van der Waals surface area contributed by atoms with Crippen LogP contribution in [-0.4, -0.2) is 34.1 Å². The average molecular weight is 284 g/mol. The monoisotopic (exact) mass is 284 g/mol. The topological polar surface area (TPSA) is 25.8 Å². The molecule has 0 aliphatic rings. The number of quaternary nitrogens is 1. The van der Waals surface area contributed by atoms with Crippen LogP contribution >= 0.6 is 0 Å². The minimum absolute atomic E-state index is 0.958. The molecule has 0 saturated heterocycles. The van der Waals surface area contributed by atoms with E-state index in [1.807, 2.05) is 18.5 Å². The fraction of sp³-hybridized carbons (Fsp3) is 0.444. The van der Waals surface area contributed by atoms with Gasteiger partial charge < -0.3 is 4.48 Å². The maximum Gasteiger partial charge on any atom is 0.104 e. The Morgan fingerprint density at radius 1 is 0.857 bits per heavy atom. The van der Waals surface area contributed by atoms with Crippen molar-refractivity contribution in [3.63, 3.8) is 0 Å². The fourth-order valence-electron chi connectivity index (χ4n) is 2.78. The zero-order chi connectivity index (χ0) is 15.3. The largest absolute Gasteiger partial charge is 0.321 e. The maximum atomic E-state index is 4.49. The molecule has 0 aliphatic carbocycles. The normalized spacial score (nSPS) is 11.6. The number of aromatic nitrogens is 2. The second-order valence-electron chi connectivity index (χ2n) is 5.72. The molecular weight excluding hydrogens is 258 g/mol. The Hall–Kier alpha value is -1.74. The van der Waals surface area contributed by atoms with Gasteiger partial charge in [0.25, 0.3) is 0 Å². The number of pyridine rings is 2. The number of hydrogen-bond donors (Lipinski definition) is 0. The van der Waals surface area contributed by atoms with Crippen LogP contribution in [0, 0.1) is 6.92 Å². The van der Waals surface area contributed by atoms with E-state index in [4.69, 9.17) is 0 Å². The molecule has 112 valence electrons. The number of rotatable bonds is 6. The Bertz CT molecular complexity index is 580. The lowest BCUT2D eigenvalue weighted by atomic mass is 10.1. The van der Waals surface area contributed by atoms with Gasteiger partial charge in [-0.1, -0.05) is 0 Å². The second-order valence-corrected chi connectivity index (χ2v) is 5.72. The van der Waals surface area contributed by atoms with Gasteiger partial charge in [-0.05, 0) is 57.5 Å². The molecule has 2 heterocycles. The first-order chi connectivity index (χ1) is 10.1. The average Bonchev–Trinajstić information content (AvgIpc) is 2.53. The van der Waals surface area contributed by atoms with Gasteiger partial charge >= 0.3 is 0 Å². The van der Waals surface area contributed by atoms with E-state index in [1.54, 1.807) is 0 Å². The van der Waals surface area contributed by atoms with Crippen molar-refractivity contribution >= 4 is 0 Å². The minimum atomic E-state index is 0.958. The Balaban J connectivity index is 2.30. The van der Waals surface area contributed by atoms with E-state index in [2.05, 4.69) is 55.9 Å². The molecule has 0 aliphatic heterocycles. The maximum absolute atomic E-state index is 4.49. The minimum Gasteiger partial charge on any atom is -0.321 e. The van der Waals surface area contributed by atoms with Crippen LogP contribution in [0.2, 0.25) is 0 Å². The van der Waals surface area contributed by atoms with Gasteiger partial charge in [-0.3, -0.25) is 9.97 Å². The van der Waals surface area contributed by atoms with Crippen LogP contribution < -0.4 is 0 Å². The van der Waals surface area contributed by atoms with Crippen molar-refractivity contribution in [3.05, 3.63) is 47.8 Å². The highest BCUT2D eigenvalue weighted by atomic mass is 15.3. The summed E-state index contributed by atoms with van der Waals surface area (Å²) in [6, 6.07) is 8.43. The highest BCUT2D eigenvalue weighted by Crippen LogP contribution is 2.19. The molecule has 2 aromatic heterocycles. The van der Waals surface area contributed by atoms with E-state index in [9.17, 15) is 0 Å². The summed E-state index contributed by atoms with van der Waals surface area (Å²) in [4.78, 5) is 8.93. The lowest BCUT2D eigenvalue weighted by molar-refractivity contribution is -0.936. The van der Waals surface area contributed by atoms with Crippen molar-refractivity contribution in [1.29, 1.82) is 0 Å². The molecule has 0 unspecified atom stereocenters. The summed E-state index contributed by atoms with van der Waals surface area (Å²) in [5.74, 6) is 0. The Kier molecular flexibility index (Phi) is 5.07. The summed E-state index contributed by atoms with van der Waals surface area (Å²) in [7, 11) is 0. The molecule has 0 saturated carbocycles. The summed E-state index contributed by atoms with van der Waals surface area (Å²) >= 11 is 0. The van der Waals surface area contributed by atoms with Gasteiger partial charge in [-0.25, -0.2) is 0 Å². The molecule has 0 atom stereocenters. The molecule has 0 bridgehead atoms. The van der Waals surface area contributed by atoms with E-state index in [-0.39, 0.29) is 0 Å². The van der Waals surface area contributed by atoms with Gasteiger partial charge in [0.1, 0.15) is 6.54 Å². The van der Waals surface area contributed by atoms with E-state index in [1.165, 1.54) is 11.1 Å². The predicted octanol–water partition coefficient (Wildman–Crippen LogP) is 3.83. The summed E-state index contributed by atoms with van der Waals surface area (Å²) < 4.78 is 1.12. The molecule has 2 aromatic rings. The number of aryl methyl sites for hydroxylation is 1. The predicted molar refractivity (Wildman–Crippen MR) is 87.8 cm³/mol. The highest BCUT2D eigenvalue weighted by Gasteiger charge is 2.21. The fourth-order valence-corrected chi connectivity index (χ4v) is 2.78. The molecule has 0 radical (unpaired) electrons. The Labute approximate surface area is 128 Å². The second kappa shape index (κ2) is 6.81. The van der Waals surface area contributed by atoms with Crippen molar-refractivity contribution in [1.82, 2.24) is 9.97 Å². The van der Waals surface area contributed by atoms with E-state index < -0.39 is 0 Å². The van der Waals surface area contributed by atoms with Crippen LogP contribution in [0.25, 0.3) is 11.4 Å². The van der Waals surface area contributed by atoms with Crippen LogP contribution in [0.4, 0.5) is 0 Å². The summed E-state index contributed by atoms with van der Waals surface area (Å²) in [6.45, 7) is 13.5. The van der Waals surface area contributed by atoms with Crippen molar-refractivity contribution in [2.24, 2.45) is 0 Å². The van der Waals surface area contributed by atoms with Crippen molar-refractivity contribution in [3.8, 4) is 11.4 Å². The third kappa shape index (κ3) is 3.67. The molecule has 0 aromatic carbocycles. The van der Waals surface area contributed by atoms with Crippen LogP contribution in [0.5, 0.6) is 0 Å². The smallest absolute Gasteiger partial charge is 0.104 e. The van der Waals surface area contributed by atoms with Crippen LogP contribution in [-0.2, 0) is 6.54 Å². The zero-order valence-corrected chi connectivity index (χ0v) is 13.6. The van der Waals surface area contributed by atoms with Gasteiger partial charge in [-0.2, -0.15) is 0 Å². The summed E-state index contributed by atoms with van der Waals surface area (Å²) in [5.41, 5.74) is 4.49. The zero-order valence-electron chi connectivity index (χ0n) is 13.6. The molecular formula is C18H26N3+. The van der Waals surface area contributed by atoms with Crippen LogP contribution in [0.3, 0.4) is 0 Å². The molecule has 0 spiro atoms. The molecule has 21 heavy (non-hydrogen) atoms. The van der Waals surface area contributed by atoms with E-state index >= 15 is 0 Å². The summed E-state index contributed by atoms with van der Waals surface area (Å²) in [5, 5.41) is 0. The van der Waals surface area contributed by atoms with Crippen LogP contribution in [0.15, 0.2) is 36.7 Å². The first-order valence-corrected chi connectivity index (χ1v) is 7.85. The third-order valence-electron chi connectivity index (χ3n) is 4.53. The van der Waals surface area contributed by atoms with Crippen LogP contribution in [0.1, 0.15) is 31.9 Å². The third-order valence-corrected chi connectivity index (χ3v) is 4.53. The molecule has 0 amide bonds. The lowest BCUT2D eigenvalue weighted by Crippen LogP contribution is -2.46. The molecule has 2 rings (SSSR count). The number of nitrogens with zero attached hydrogens (tertiary/aromatic N) is 3. The number of hydrogen-bond acceptors (Lipinski definition) is 2. The quantitative estimate of drug-likeness (QED) is 0.753. The first-order valence-electron chi connectivity index (χ1n) is 7.85. The van der Waals surface area contributed by atoms with Crippen molar-refractivity contribution < 1.29 is 4.48 Å². The highest BCUT2D eigenvalue weighted by molar-refractivity contribution is 5.55. The Morgan fingerprint density at radius 3 is 2.00 bits per heavy atom. The van der Waals surface area contributed by atoms with Gasteiger partial charge in [0.15, 0.2) is 0 Å². The lowest BCUT2D eigenvalue weighted by Gasteiger charge is -2.35.